The molecule has 0 aliphatic rings. The van der Waals surface area contributed by atoms with E-state index in [1.807, 2.05) is 6.92 Å². The largest absolute Gasteiger partial charge is 0.494 e. The van der Waals surface area contributed by atoms with Crippen LogP contribution in [-0.4, -0.2) is 51.4 Å². The molecule has 0 bridgehead atoms. The van der Waals surface area contributed by atoms with Crippen molar-refractivity contribution in [1.29, 1.82) is 0 Å². The number of nitrogens with zero attached hydrogens (tertiary/aromatic N) is 2. The maximum Gasteiger partial charge on any atom is 0.264 e. The highest BCUT2D eigenvalue weighted by Crippen LogP contribution is 2.28. The topological polar surface area (TPSA) is 96.0 Å². The average Bonchev–Trinajstić information content (AvgIpc) is 2.93. The third-order valence-corrected chi connectivity index (χ3v) is 8.48. The number of hydrogen-bond acceptors (Lipinski definition) is 5. The molecule has 0 aromatic heterocycles. The Balaban J connectivity index is 2.07. The molecule has 0 aliphatic carbocycles. The number of nitrogens with one attached hydrogen (secondary N) is 1. The smallest absolute Gasteiger partial charge is 0.264 e. The van der Waals surface area contributed by atoms with E-state index in [9.17, 15) is 22.4 Å². The van der Waals surface area contributed by atoms with Gasteiger partial charge in [-0.05, 0) is 79.6 Å². The maximum atomic E-state index is 13.9. The number of anilines is 1. The first-order valence-corrected chi connectivity index (χ1v) is 14.7. The number of likely N-dealkylation sites (N-methyl/N-ethyl adjacent to an activating group) is 1. The zero-order valence-electron chi connectivity index (χ0n) is 22.2. The Morgan fingerprint density at radius 3 is 2.20 bits per heavy atom. The van der Waals surface area contributed by atoms with Gasteiger partial charge in [0.1, 0.15) is 24.2 Å². The number of hydrogen-bond donors (Lipinski definition) is 1. The summed E-state index contributed by atoms with van der Waals surface area (Å²) in [6, 6.07) is 14.3. The van der Waals surface area contributed by atoms with Gasteiger partial charge in [0.05, 0.1) is 17.2 Å². The summed E-state index contributed by atoms with van der Waals surface area (Å²) in [6.07, 6.45) is 0.254. The Morgan fingerprint density at radius 1 is 1.00 bits per heavy atom. The van der Waals surface area contributed by atoms with E-state index in [2.05, 4.69) is 5.32 Å². The van der Waals surface area contributed by atoms with Crippen LogP contribution in [0.2, 0.25) is 10.0 Å². The number of sulfonamides is 1. The van der Waals surface area contributed by atoms with Crippen LogP contribution in [0.25, 0.3) is 0 Å². The van der Waals surface area contributed by atoms with Gasteiger partial charge in [-0.2, -0.15) is 0 Å². The number of halogens is 3. The molecule has 0 saturated heterocycles. The Hall–Kier alpha value is -3.34. The predicted octanol–water partition coefficient (Wildman–Crippen LogP) is 5.28. The van der Waals surface area contributed by atoms with Crippen LogP contribution in [0.1, 0.15) is 25.8 Å². The molecule has 40 heavy (non-hydrogen) atoms. The molecule has 0 unspecified atom stereocenters. The molecule has 1 N–H and O–H groups in total. The van der Waals surface area contributed by atoms with Crippen molar-refractivity contribution >= 4 is 50.7 Å². The number of amides is 2. The van der Waals surface area contributed by atoms with Gasteiger partial charge >= 0.3 is 0 Å². The molecule has 214 valence electrons. The Morgan fingerprint density at radius 2 is 1.65 bits per heavy atom. The van der Waals surface area contributed by atoms with Gasteiger partial charge < -0.3 is 15.0 Å². The number of benzene rings is 3. The van der Waals surface area contributed by atoms with E-state index < -0.39 is 40.2 Å². The molecular weight excluding hydrogens is 580 g/mol. The number of ether oxygens (including phenoxy) is 1. The molecule has 2 amide bonds. The SMILES string of the molecule is CCOc1ccc(N(CC(=O)N(Cc2ccc(Cl)cc2Cl)[C@@H](CC)C(=O)NC)S(=O)(=O)c2ccc(F)cc2)cc1. The molecule has 0 heterocycles. The van der Waals surface area contributed by atoms with E-state index in [4.69, 9.17) is 27.9 Å². The minimum absolute atomic E-state index is 0.0749. The Kier molecular flexibility index (Phi) is 10.8. The molecule has 0 aliphatic heterocycles. The summed E-state index contributed by atoms with van der Waals surface area (Å²) in [6.45, 7) is 3.25. The van der Waals surface area contributed by atoms with Crippen molar-refractivity contribution in [1.82, 2.24) is 10.2 Å². The molecule has 0 fully saturated rings. The normalized spacial score (nSPS) is 11.9. The third-order valence-electron chi connectivity index (χ3n) is 6.10. The van der Waals surface area contributed by atoms with Crippen molar-refractivity contribution in [3.05, 3.63) is 88.2 Å². The fraction of sp³-hybridized carbons (Fsp3) is 0.286. The van der Waals surface area contributed by atoms with Crippen molar-refractivity contribution in [3.8, 4) is 5.75 Å². The monoisotopic (exact) mass is 609 g/mol. The first-order valence-electron chi connectivity index (χ1n) is 12.5. The Bertz CT molecular complexity index is 1440. The third kappa shape index (κ3) is 7.44. The molecular formula is C28H30Cl2FN3O5S. The van der Waals surface area contributed by atoms with Gasteiger partial charge in [0, 0.05) is 23.6 Å². The van der Waals surface area contributed by atoms with E-state index >= 15 is 0 Å². The second-order valence-electron chi connectivity index (χ2n) is 8.69. The van der Waals surface area contributed by atoms with Crippen LogP contribution in [-0.2, 0) is 26.2 Å². The minimum Gasteiger partial charge on any atom is -0.494 e. The lowest BCUT2D eigenvalue weighted by Crippen LogP contribution is -2.51. The fourth-order valence-corrected chi connectivity index (χ4v) is 5.94. The van der Waals surface area contributed by atoms with Gasteiger partial charge in [-0.3, -0.25) is 13.9 Å². The van der Waals surface area contributed by atoms with Crippen LogP contribution in [0.4, 0.5) is 10.1 Å². The zero-order chi connectivity index (χ0) is 29.4. The average molecular weight is 611 g/mol. The summed E-state index contributed by atoms with van der Waals surface area (Å²) in [7, 11) is -2.88. The number of carbonyl (C=O) groups is 2. The number of carbonyl (C=O) groups excluding carboxylic acids is 2. The number of rotatable bonds is 12. The Labute approximate surface area is 243 Å². The van der Waals surface area contributed by atoms with Gasteiger partial charge in [0.2, 0.25) is 11.8 Å². The molecule has 1 atom stereocenters. The van der Waals surface area contributed by atoms with Crippen LogP contribution in [0.3, 0.4) is 0 Å². The lowest BCUT2D eigenvalue weighted by atomic mass is 10.1. The van der Waals surface area contributed by atoms with Crippen molar-refractivity contribution in [3.63, 3.8) is 0 Å². The summed E-state index contributed by atoms with van der Waals surface area (Å²) in [4.78, 5) is 27.8. The molecule has 3 aromatic rings. The molecule has 0 spiro atoms. The highest BCUT2D eigenvalue weighted by molar-refractivity contribution is 7.92. The second-order valence-corrected chi connectivity index (χ2v) is 11.4. The van der Waals surface area contributed by atoms with Gasteiger partial charge in [0.15, 0.2) is 0 Å². The van der Waals surface area contributed by atoms with Gasteiger partial charge in [-0.15, -0.1) is 0 Å². The molecule has 3 rings (SSSR count). The first kappa shape index (κ1) is 31.2. The molecule has 0 saturated carbocycles. The minimum atomic E-state index is -4.34. The van der Waals surface area contributed by atoms with Crippen molar-refractivity contribution in [2.45, 2.75) is 37.8 Å². The maximum absolute atomic E-state index is 13.9. The fourth-order valence-electron chi connectivity index (χ4n) is 4.06. The second kappa shape index (κ2) is 13.8. The van der Waals surface area contributed by atoms with Crippen LogP contribution in [0.15, 0.2) is 71.6 Å². The standard InChI is InChI=1S/C28H30Cl2FN3O5S/c1-4-26(28(36)32-3)33(17-19-6-7-20(29)16-25(19)30)27(35)18-34(22-10-12-23(13-11-22)39-5-2)40(37,38)24-14-8-21(31)9-15-24/h6-16,26H,4-5,17-18H2,1-3H3,(H,32,36)/t26-/m0/s1. The van der Waals surface area contributed by atoms with E-state index in [0.29, 0.717) is 28.0 Å². The van der Waals surface area contributed by atoms with E-state index in [1.54, 1.807) is 31.2 Å². The highest BCUT2D eigenvalue weighted by atomic mass is 35.5. The lowest BCUT2D eigenvalue weighted by molar-refractivity contribution is -0.140. The lowest BCUT2D eigenvalue weighted by Gasteiger charge is -2.33. The van der Waals surface area contributed by atoms with E-state index in [1.165, 1.54) is 30.1 Å². The highest BCUT2D eigenvalue weighted by Gasteiger charge is 2.33. The van der Waals surface area contributed by atoms with Crippen molar-refractivity contribution < 1.29 is 27.1 Å². The van der Waals surface area contributed by atoms with Crippen LogP contribution < -0.4 is 14.4 Å². The summed E-state index contributed by atoms with van der Waals surface area (Å²) < 4.78 is 47.5. The van der Waals surface area contributed by atoms with Crippen molar-refractivity contribution in [2.75, 3.05) is 24.5 Å². The molecule has 8 nitrogen and oxygen atoms in total. The molecule has 0 radical (unpaired) electrons. The summed E-state index contributed by atoms with van der Waals surface area (Å²) in [5, 5.41) is 3.25. The summed E-state index contributed by atoms with van der Waals surface area (Å²) in [5.41, 5.74) is 0.703. The van der Waals surface area contributed by atoms with Crippen LogP contribution >= 0.6 is 23.2 Å². The van der Waals surface area contributed by atoms with E-state index in [-0.39, 0.29) is 23.5 Å². The predicted molar refractivity (Wildman–Crippen MR) is 154 cm³/mol. The van der Waals surface area contributed by atoms with E-state index in [0.717, 1.165) is 28.6 Å². The summed E-state index contributed by atoms with van der Waals surface area (Å²) in [5.74, 6) is -1.16. The van der Waals surface area contributed by atoms with Crippen molar-refractivity contribution in [2.24, 2.45) is 0 Å². The van der Waals surface area contributed by atoms with Gasteiger partial charge in [0.25, 0.3) is 10.0 Å². The van der Waals surface area contributed by atoms with Crippen LogP contribution in [0.5, 0.6) is 5.75 Å². The van der Waals surface area contributed by atoms with Crippen LogP contribution in [0, 0.1) is 5.82 Å². The van der Waals surface area contributed by atoms with Gasteiger partial charge in [-0.25, -0.2) is 12.8 Å². The molecule has 12 heteroatoms. The zero-order valence-corrected chi connectivity index (χ0v) is 24.6. The molecule has 3 aromatic carbocycles. The summed E-state index contributed by atoms with van der Waals surface area (Å²) >= 11 is 12.4. The van der Waals surface area contributed by atoms with Gasteiger partial charge in [-0.1, -0.05) is 36.2 Å². The first-order chi connectivity index (χ1) is 19.0. The quantitative estimate of drug-likeness (QED) is 0.301.